The first kappa shape index (κ1) is 14.6. The lowest BCUT2D eigenvalue weighted by molar-refractivity contribution is -0.127. The first-order chi connectivity index (χ1) is 11.6. The van der Waals surface area contributed by atoms with Crippen molar-refractivity contribution < 1.29 is 4.79 Å². The molecule has 0 spiro atoms. The molecular formula is C15H18N8O. The Balaban J connectivity index is 1.56. The number of hydrogen-bond donors (Lipinski definition) is 2. The third kappa shape index (κ3) is 2.38. The van der Waals surface area contributed by atoms with E-state index in [1.54, 1.807) is 15.8 Å². The van der Waals surface area contributed by atoms with Crippen LogP contribution in [0.4, 0.5) is 5.82 Å². The average molecular weight is 326 g/mol. The van der Waals surface area contributed by atoms with Crippen molar-refractivity contribution in [1.82, 2.24) is 34.8 Å². The predicted octanol–water partition coefficient (Wildman–Crippen LogP) is 0.718. The number of carbonyl (C=O) groups excluding carboxylic acids is 1. The largest absolute Gasteiger partial charge is 0.369 e. The number of carbonyl (C=O) groups is 1. The van der Waals surface area contributed by atoms with E-state index >= 15 is 0 Å². The van der Waals surface area contributed by atoms with Crippen molar-refractivity contribution in [2.45, 2.75) is 12.5 Å². The van der Waals surface area contributed by atoms with Gasteiger partial charge in [-0.15, -0.1) is 0 Å². The van der Waals surface area contributed by atoms with E-state index in [4.69, 9.17) is 0 Å². The van der Waals surface area contributed by atoms with E-state index in [0.29, 0.717) is 18.6 Å². The maximum absolute atomic E-state index is 12.2. The average Bonchev–Trinajstić information content (AvgIpc) is 3.26. The Morgan fingerprint density at radius 1 is 1.33 bits per heavy atom. The molecule has 24 heavy (non-hydrogen) atoms. The minimum absolute atomic E-state index is 0.0142. The monoisotopic (exact) mass is 326 g/mol. The molecule has 1 fully saturated rings. The van der Waals surface area contributed by atoms with Gasteiger partial charge in [-0.2, -0.15) is 10.2 Å². The molecule has 2 atom stereocenters. The zero-order valence-corrected chi connectivity index (χ0v) is 13.5. The highest BCUT2D eigenvalue weighted by atomic mass is 16.2. The maximum atomic E-state index is 12.2. The number of likely N-dealkylation sites (tertiary alicyclic amines) is 1. The van der Waals surface area contributed by atoms with E-state index in [9.17, 15) is 4.79 Å². The number of rotatable bonds is 4. The Morgan fingerprint density at radius 3 is 3.00 bits per heavy atom. The summed E-state index contributed by atoms with van der Waals surface area (Å²) in [7, 11) is 3.73. The molecule has 9 nitrogen and oxygen atoms in total. The molecule has 1 saturated heterocycles. The Bertz CT molecular complexity index is 884. The van der Waals surface area contributed by atoms with E-state index in [2.05, 4.69) is 30.6 Å². The number of aromatic amines is 1. The smallest absolute Gasteiger partial charge is 0.223 e. The van der Waals surface area contributed by atoms with Crippen LogP contribution in [0, 0.1) is 5.92 Å². The second kappa shape index (κ2) is 5.59. The van der Waals surface area contributed by atoms with Crippen molar-refractivity contribution >= 4 is 22.8 Å². The summed E-state index contributed by atoms with van der Waals surface area (Å²) in [6.07, 6.45) is 7.48. The van der Waals surface area contributed by atoms with Gasteiger partial charge in [0.2, 0.25) is 5.91 Å². The van der Waals surface area contributed by atoms with E-state index < -0.39 is 0 Å². The van der Waals surface area contributed by atoms with Crippen LogP contribution in [0.2, 0.25) is 0 Å². The number of nitrogens with zero attached hydrogens (tertiary/aromatic N) is 6. The molecule has 0 saturated carbocycles. The molecule has 3 aromatic rings. The van der Waals surface area contributed by atoms with E-state index in [1.807, 2.05) is 26.5 Å². The topological polar surface area (TPSA) is 105 Å². The van der Waals surface area contributed by atoms with Crippen LogP contribution in [0.1, 0.15) is 18.0 Å². The summed E-state index contributed by atoms with van der Waals surface area (Å²) in [5.74, 6) is 1.01. The van der Waals surface area contributed by atoms with Crippen LogP contribution in [0.25, 0.3) is 11.0 Å². The van der Waals surface area contributed by atoms with Gasteiger partial charge < -0.3 is 10.2 Å². The molecule has 1 aliphatic rings. The molecule has 0 aromatic carbocycles. The summed E-state index contributed by atoms with van der Waals surface area (Å²) in [5, 5.41) is 15.2. The molecule has 2 N–H and O–H groups in total. The SMILES string of the molecule is CN1C(=O)C[C@@H](CNc2ncnc3[nH]ncc23)[C@@H]1c1cnn(C)c1. The summed E-state index contributed by atoms with van der Waals surface area (Å²) >= 11 is 0. The van der Waals surface area contributed by atoms with Crippen molar-refractivity contribution in [3.05, 3.63) is 30.5 Å². The number of aromatic nitrogens is 6. The number of hydrogen-bond acceptors (Lipinski definition) is 6. The van der Waals surface area contributed by atoms with Gasteiger partial charge >= 0.3 is 0 Å². The minimum Gasteiger partial charge on any atom is -0.369 e. The van der Waals surface area contributed by atoms with Crippen LogP contribution in [0.15, 0.2) is 24.9 Å². The quantitative estimate of drug-likeness (QED) is 0.732. The summed E-state index contributed by atoms with van der Waals surface area (Å²) in [5.41, 5.74) is 1.74. The van der Waals surface area contributed by atoms with Gasteiger partial charge in [0.15, 0.2) is 5.65 Å². The summed E-state index contributed by atoms with van der Waals surface area (Å²) in [6.45, 7) is 0.632. The van der Waals surface area contributed by atoms with Crippen LogP contribution in [0.5, 0.6) is 0 Å². The molecular weight excluding hydrogens is 308 g/mol. The van der Waals surface area contributed by atoms with Gasteiger partial charge in [-0.25, -0.2) is 9.97 Å². The van der Waals surface area contributed by atoms with Crippen molar-refractivity contribution in [3.8, 4) is 0 Å². The van der Waals surface area contributed by atoms with E-state index in [1.165, 1.54) is 6.33 Å². The van der Waals surface area contributed by atoms with Crippen molar-refractivity contribution in [2.75, 3.05) is 18.9 Å². The molecule has 9 heteroatoms. The first-order valence-electron chi connectivity index (χ1n) is 7.75. The fourth-order valence-electron chi connectivity index (χ4n) is 3.36. The van der Waals surface area contributed by atoms with Gasteiger partial charge in [-0.1, -0.05) is 0 Å². The Hall–Kier alpha value is -2.97. The summed E-state index contributed by atoms with van der Waals surface area (Å²) in [6, 6.07) is 0.0142. The standard InChI is InChI=1S/C15H18N8O/c1-22-7-10(5-20-22)13-9(3-12(24)23(13)2)4-16-14-11-6-19-21-15(11)18-8-17-14/h5-9,13H,3-4H2,1-2H3,(H2,16,17,18,19,21)/t9-,13+/m0/s1. The lowest BCUT2D eigenvalue weighted by atomic mass is 9.96. The molecule has 0 aliphatic carbocycles. The molecule has 0 bridgehead atoms. The van der Waals surface area contributed by atoms with Crippen LogP contribution in [-0.2, 0) is 11.8 Å². The van der Waals surface area contributed by atoms with E-state index in [0.717, 1.165) is 16.8 Å². The zero-order chi connectivity index (χ0) is 16.7. The minimum atomic E-state index is 0.0142. The van der Waals surface area contributed by atoms with Crippen molar-refractivity contribution in [2.24, 2.45) is 13.0 Å². The van der Waals surface area contributed by atoms with Crippen LogP contribution < -0.4 is 5.32 Å². The summed E-state index contributed by atoms with van der Waals surface area (Å²) < 4.78 is 1.76. The zero-order valence-electron chi connectivity index (χ0n) is 13.5. The second-order valence-electron chi connectivity index (χ2n) is 6.10. The molecule has 1 amide bonds. The lowest BCUT2D eigenvalue weighted by Crippen LogP contribution is -2.26. The highest BCUT2D eigenvalue weighted by Crippen LogP contribution is 2.36. The third-order valence-corrected chi connectivity index (χ3v) is 4.54. The lowest BCUT2D eigenvalue weighted by Gasteiger charge is -2.24. The van der Waals surface area contributed by atoms with Crippen LogP contribution in [-0.4, -0.2) is 54.3 Å². The molecule has 0 radical (unpaired) electrons. The van der Waals surface area contributed by atoms with Crippen LogP contribution >= 0.6 is 0 Å². The van der Waals surface area contributed by atoms with Crippen molar-refractivity contribution in [3.63, 3.8) is 0 Å². The highest BCUT2D eigenvalue weighted by Gasteiger charge is 2.39. The number of aryl methyl sites for hydroxylation is 1. The Labute approximate surface area is 138 Å². The molecule has 1 aliphatic heterocycles. The van der Waals surface area contributed by atoms with Gasteiger partial charge in [-0.05, 0) is 0 Å². The van der Waals surface area contributed by atoms with Gasteiger partial charge in [0.1, 0.15) is 12.1 Å². The van der Waals surface area contributed by atoms with Gasteiger partial charge in [-0.3, -0.25) is 14.6 Å². The highest BCUT2D eigenvalue weighted by molar-refractivity contribution is 5.85. The number of anilines is 1. The van der Waals surface area contributed by atoms with Gasteiger partial charge in [0.25, 0.3) is 0 Å². The summed E-state index contributed by atoms with van der Waals surface area (Å²) in [4.78, 5) is 22.4. The van der Waals surface area contributed by atoms with Crippen molar-refractivity contribution in [1.29, 1.82) is 0 Å². The molecule has 124 valence electrons. The van der Waals surface area contributed by atoms with Crippen LogP contribution in [0.3, 0.4) is 0 Å². The molecule has 4 heterocycles. The third-order valence-electron chi connectivity index (χ3n) is 4.54. The Kier molecular flexibility index (Phi) is 3.40. The van der Waals surface area contributed by atoms with Gasteiger partial charge in [0, 0.05) is 44.7 Å². The number of fused-ring (bicyclic) bond motifs is 1. The van der Waals surface area contributed by atoms with E-state index in [-0.39, 0.29) is 17.9 Å². The number of nitrogens with one attached hydrogen (secondary N) is 2. The Morgan fingerprint density at radius 2 is 2.21 bits per heavy atom. The molecule has 3 aromatic heterocycles. The molecule has 4 rings (SSSR count). The fourth-order valence-corrected chi connectivity index (χ4v) is 3.36. The second-order valence-corrected chi connectivity index (χ2v) is 6.10. The first-order valence-corrected chi connectivity index (χ1v) is 7.75. The molecule has 0 unspecified atom stereocenters. The normalized spacial score (nSPS) is 20.9. The number of amides is 1. The van der Waals surface area contributed by atoms with Gasteiger partial charge in [0.05, 0.1) is 23.8 Å². The number of H-pyrrole nitrogens is 1. The maximum Gasteiger partial charge on any atom is 0.223 e. The predicted molar refractivity (Wildman–Crippen MR) is 87.0 cm³/mol. The fraction of sp³-hybridized carbons (Fsp3) is 0.400.